The molecule has 5 heteroatoms. The SMILES string of the molecule is Cc1ccc(CNC(=O)c2ccc3c(NC(=O)c4ccccc4)cccc3c2O)c(C)c1. The summed E-state index contributed by atoms with van der Waals surface area (Å²) in [6.07, 6.45) is 0. The smallest absolute Gasteiger partial charge is 0.255 e. The van der Waals surface area contributed by atoms with Crippen LogP contribution in [0.5, 0.6) is 5.75 Å². The van der Waals surface area contributed by atoms with E-state index in [0.717, 1.165) is 11.1 Å². The van der Waals surface area contributed by atoms with E-state index in [1.54, 1.807) is 54.6 Å². The van der Waals surface area contributed by atoms with Crippen LogP contribution in [0.1, 0.15) is 37.4 Å². The van der Waals surface area contributed by atoms with Crippen molar-refractivity contribution in [3.63, 3.8) is 0 Å². The highest BCUT2D eigenvalue weighted by Gasteiger charge is 2.16. The van der Waals surface area contributed by atoms with Gasteiger partial charge in [0.25, 0.3) is 11.8 Å². The Balaban J connectivity index is 1.57. The topological polar surface area (TPSA) is 78.4 Å². The summed E-state index contributed by atoms with van der Waals surface area (Å²) in [6, 6.07) is 23.5. The van der Waals surface area contributed by atoms with Crippen LogP contribution in [0.2, 0.25) is 0 Å². The summed E-state index contributed by atoms with van der Waals surface area (Å²) >= 11 is 0. The highest BCUT2D eigenvalue weighted by molar-refractivity contribution is 6.12. The van der Waals surface area contributed by atoms with Crippen molar-refractivity contribution in [2.24, 2.45) is 0 Å². The number of rotatable bonds is 5. The minimum absolute atomic E-state index is 0.114. The van der Waals surface area contributed by atoms with E-state index >= 15 is 0 Å². The van der Waals surface area contributed by atoms with Crippen LogP contribution in [0.15, 0.2) is 78.9 Å². The second-order valence-electron chi connectivity index (χ2n) is 7.80. The van der Waals surface area contributed by atoms with Crippen molar-refractivity contribution >= 4 is 28.3 Å². The molecule has 0 aliphatic carbocycles. The molecule has 0 unspecified atom stereocenters. The summed E-state index contributed by atoms with van der Waals surface area (Å²) in [5.41, 5.74) is 4.58. The van der Waals surface area contributed by atoms with Gasteiger partial charge in [-0.2, -0.15) is 0 Å². The molecule has 0 aliphatic heterocycles. The number of amides is 2. The summed E-state index contributed by atoms with van der Waals surface area (Å²) in [7, 11) is 0. The molecule has 0 aromatic heterocycles. The Morgan fingerprint density at radius 2 is 1.59 bits per heavy atom. The van der Waals surface area contributed by atoms with Gasteiger partial charge in [-0.1, -0.05) is 60.2 Å². The molecule has 0 bridgehead atoms. The third-order valence-electron chi connectivity index (χ3n) is 5.50. The molecule has 0 atom stereocenters. The summed E-state index contributed by atoms with van der Waals surface area (Å²) < 4.78 is 0. The highest BCUT2D eigenvalue weighted by atomic mass is 16.3. The molecule has 4 aromatic rings. The van der Waals surface area contributed by atoms with E-state index in [1.807, 2.05) is 32.0 Å². The van der Waals surface area contributed by atoms with Gasteiger partial charge >= 0.3 is 0 Å². The molecule has 160 valence electrons. The Bertz CT molecular complexity index is 1310. The fraction of sp³-hybridized carbons (Fsp3) is 0.111. The zero-order valence-electron chi connectivity index (χ0n) is 18.0. The average molecular weight is 425 g/mol. The van der Waals surface area contributed by atoms with Crippen molar-refractivity contribution in [3.8, 4) is 5.75 Å². The van der Waals surface area contributed by atoms with Crippen LogP contribution in [0.4, 0.5) is 5.69 Å². The van der Waals surface area contributed by atoms with Gasteiger partial charge in [-0.3, -0.25) is 9.59 Å². The van der Waals surface area contributed by atoms with E-state index in [-0.39, 0.29) is 23.1 Å². The van der Waals surface area contributed by atoms with Crippen molar-refractivity contribution in [1.82, 2.24) is 5.32 Å². The number of nitrogens with one attached hydrogen (secondary N) is 2. The van der Waals surface area contributed by atoms with Crippen LogP contribution in [0, 0.1) is 13.8 Å². The van der Waals surface area contributed by atoms with Crippen molar-refractivity contribution in [2.45, 2.75) is 20.4 Å². The van der Waals surface area contributed by atoms with Gasteiger partial charge in [-0.05, 0) is 49.2 Å². The van der Waals surface area contributed by atoms with E-state index in [9.17, 15) is 14.7 Å². The Kier molecular flexibility index (Phi) is 5.90. The van der Waals surface area contributed by atoms with Gasteiger partial charge in [-0.25, -0.2) is 0 Å². The van der Waals surface area contributed by atoms with Gasteiger partial charge < -0.3 is 15.7 Å². The molecule has 0 spiro atoms. The van der Waals surface area contributed by atoms with Gasteiger partial charge in [0.2, 0.25) is 0 Å². The van der Waals surface area contributed by atoms with E-state index in [1.165, 1.54) is 5.56 Å². The first-order valence-electron chi connectivity index (χ1n) is 10.4. The van der Waals surface area contributed by atoms with Crippen LogP contribution >= 0.6 is 0 Å². The van der Waals surface area contributed by atoms with E-state index in [0.29, 0.717) is 28.6 Å². The molecule has 0 saturated heterocycles. The van der Waals surface area contributed by atoms with Crippen molar-refractivity contribution in [2.75, 3.05) is 5.32 Å². The standard InChI is InChI=1S/C27H24N2O3/c1-17-11-12-20(18(2)15-17)16-28-27(32)23-14-13-21-22(25(23)30)9-6-10-24(21)29-26(31)19-7-4-3-5-8-19/h3-15,30H,16H2,1-2H3,(H,28,32)(H,29,31). The monoisotopic (exact) mass is 424 g/mol. The molecule has 4 aromatic carbocycles. The molecular formula is C27H24N2O3. The number of anilines is 1. The predicted octanol–water partition coefficient (Wildman–Crippen LogP) is 5.34. The van der Waals surface area contributed by atoms with Crippen molar-refractivity contribution in [3.05, 3.63) is 107 Å². The lowest BCUT2D eigenvalue weighted by molar-refractivity contribution is 0.0947. The van der Waals surface area contributed by atoms with Gasteiger partial charge in [-0.15, -0.1) is 0 Å². The van der Waals surface area contributed by atoms with Gasteiger partial charge in [0.15, 0.2) is 0 Å². The van der Waals surface area contributed by atoms with Crippen LogP contribution in [0.3, 0.4) is 0 Å². The van der Waals surface area contributed by atoms with Gasteiger partial charge in [0.1, 0.15) is 5.75 Å². The highest BCUT2D eigenvalue weighted by Crippen LogP contribution is 2.33. The molecule has 2 amide bonds. The quantitative estimate of drug-likeness (QED) is 0.404. The maximum Gasteiger partial charge on any atom is 0.255 e. The van der Waals surface area contributed by atoms with Crippen LogP contribution < -0.4 is 10.6 Å². The molecule has 0 fully saturated rings. The lowest BCUT2D eigenvalue weighted by Gasteiger charge is -2.13. The number of aromatic hydroxyl groups is 1. The van der Waals surface area contributed by atoms with Crippen molar-refractivity contribution in [1.29, 1.82) is 0 Å². The number of fused-ring (bicyclic) bond motifs is 1. The Labute approximate surface area is 186 Å². The fourth-order valence-corrected chi connectivity index (χ4v) is 3.73. The van der Waals surface area contributed by atoms with Crippen LogP contribution in [0.25, 0.3) is 10.8 Å². The maximum atomic E-state index is 12.8. The number of phenols is 1. The molecule has 4 rings (SSSR count). The number of phenolic OH excluding ortho intramolecular Hbond substituents is 1. The molecule has 5 nitrogen and oxygen atoms in total. The molecule has 0 saturated carbocycles. The number of benzene rings is 4. The zero-order valence-corrected chi connectivity index (χ0v) is 18.0. The molecule has 0 aliphatic rings. The first-order chi connectivity index (χ1) is 15.4. The Morgan fingerprint density at radius 1 is 0.812 bits per heavy atom. The fourth-order valence-electron chi connectivity index (χ4n) is 3.73. The number of carbonyl (C=O) groups excluding carboxylic acids is 2. The Morgan fingerprint density at radius 3 is 2.34 bits per heavy atom. The second-order valence-corrected chi connectivity index (χ2v) is 7.80. The first-order valence-corrected chi connectivity index (χ1v) is 10.4. The summed E-state index contributed by atoms with van der Waals surface area (Å²) in [5.74, 6) is -0.715. The number of carbonyl (C=O) groups is 2. The minimum atomic E-state index is -0.358. The van der Waals surface area contributed by atoms with Crippen LogP contribution in [-0.2, 0) is 6.54 Å². The van der Waals surface area contributed by atoms with E-state index in [4.69, 9.17) is 0 Å². The Hall–Kier alpha value is -4.12. The normalized spacial score (nSPS) is 10.7. The third-order valence-corrected chi connectivity index (χ3v) is 5.50. The zero-order chi connectivity index (χ0) is 22.7. The maximum absolute atomic E-state index is 12.8. The number of hydrogen-bond acceptors (Lipinski definition) is 3. The first kappa shape index (κ1) is 21.1. The molecule has 0 heterocycles. The van der Waals surface area contributed by atoms with Gasteiger partial charge in [0.05, 0.1) is 5.56 Å². The number of hydrogen-bond donors (Lipinski definition) is 3. The summed E-state index contributed by atoms with van der Waals surface area (Å²) in [4.78, 5) is 25.3. The summed E-state index contributed by atoms with van der Waals surface area (Å²) in [6.45, 7) is 4.40. The predicted molar refractivity (Wildman–Crippen MR) is 127 cm³/mol. The molecule has 0 radical (unpaired) electrons. The average Bonchev–Trinajstić information content (AvgIpc) is 2.79. The molecule has 3 N–H and O–H groups in total. The molecule has 32 heavy (non-hydrogen) atoms. The second kappa shape index (κ2) is 8.94. The molecular weight excluding hydrogens is 400 g/mol. The lowest BCUT2D eigenvalue weighted by Crippen LogP contribution is -2.23. The third kappa shape index (κ3) is 4.32. The van der Waals surface area contributed by atoms with Crippen LogP contribution in [-0.4, -0.2) is 16.9 Å². The number of aryl methyl sites for hydroxylation is 2. The van der Waals surface area contributed by atoms with E-state index < -0.39 is 0 Å². The lowest BCUT2D eigenvalue weighted by atomic mass is 10.0. The van der Waals surface area contributed by atoms with E-state index in [2.05, 4.69) is 16.7 Å². The van der Waals surface area contributed by atoms with Gasteiger partial charge in [0, 0.05) is 28.6 Å². The van der Waals surface area contributed by atoms with Crippen molar-refractivity contribution < 1.29 is 14.7 Å². The summed E-state index contributed by atoms with van der Waals surface area (Å²) in [5, 5.41) is 17.7. The minimum Gasteiger partial charge on any atom is -0.506 e. The largest absolute Gasteiger partial charge is 0.506 e.